The summed E-state index contributed by atoms with van der Waals surface area (Å²) < 4.78 is 5.87. The summed E-state index contributed by atoms with van der Waals surface area (Å²) in [4.78, 5) is 14.9. The van der Waals surface area contributed by atoms with Gasteiger partial charge >= 0.3 is 0 Å². The Morgan fingerprint density at radius 1 is 0.867 bits per heavy atom. The highest BCUT2D eigenvalue weighted by Crippen LogP contribution is 2.18. The van der Waals surface area contributed by atoms with E-state index in [0.717, 1.165) is 44.8 Å². The van der Waals surface area contributed by atoms with Gasteiger partial charge in [-0.05, 0) is 48.2 Å². The fourth-order valence-corrected chi connectivity index (χ4v) is 3.85. The van der Waals surface area contributed by atoms with E-state index in [4.69, 9.17) is 4.74 Å². The first-order valence-electron chi connectivity index (χ1n) is 10.6. The number of nitrogens with zero attached hydrogens (tertiary/aromatic N) is 1. The first-order valence-corrected chi connectivity index (χ1v) is 10.6. The van der Waals surface area contributed by atoms with Crippen molar-refractivity contribution in [2.24, 2.45) is 0 Å². The van der Waals surface area contributed by atoms with Crippen LogP contribution >= 0.6 is 0 Å². The zero-order chi connectivity index (χ0) is 20.6. The molecule has 154 valence electrons. The van der Waals surface area contributed by atoms with E-state index in [2.05, 4.69) is 34.5 Å². The minimum absolute atomic E-state index is 0.0896. The van der Waals surface area contributed by atoms with E-state index in [1.54, 1.807) is 0 Å². The van der Waals surface area contributed by atoms with Crippen molar-refractivity contribution in [3.63, 3.8) is 0 Å². The van der Waals surface area contributed by atoms with Crippen molar-refractivity contribution < 1.29 is 9.53 Å². The summed E-state index contributed by atoms with van der Waals surface area (Å²) in [6.07, 6.45) is 2.59. The minimum Gasteiger partial charge on any atom is -0.377 e. The van der Waals surface area contributed by atoms with Gasteiger partial charge in [0.2, 0.25) is 0 Å². The third-order valence-electron chi connectivity index (χ3n) is 5.39. The fraction of sp³-hybridized carbons (Fsp3) is 0.269. The number of anilines is 1. The van der Waals surface area contributed by atoms with E-state index in [1.165, 1.54) is 11.1 Å². The smallest absolute Gasteiger partial charge is 0.255 e. The van der Waals surface area contributed by atoms with Gasteiger partial charge in [0.15, 0.2) is 0 Å². The molecule has 1 amide bonds. The number of carbonyl (C=O) groups is 1. The van der Waals surface area contributed by atoms with Crippen LogP contribution in [0.4, 0.5) is 5.69 Å². The number of para-hydroxylation sites is 1. The summed E-state index contributed by atoms with van der Waals surface area (Å²) in [5.41, 5.74) is 3.96. The Hall–Kier alpha value is -2.95. The maximum atomic E-state index is 12.5. The molecule has 1 unspecified atom stereocenters. The standard InChI is InChI=1S/C26H28N2O2/c29-26(27-24-10-5-2-6-11-24)23-15-13-22(14-16-23)19-28(20-25-12-7-17-30-25)18-21-8-3-1-4-9-21/h1-6,8-11,13-16,25H,7,12,17-20H2,(H,27,29). The van der Waals surface area contributed by atoms with Crippen LogP contribution in [0.2, 0.25) is 0 Å². The van der Waals surface area contributed by atoms with Crippen molar-refractivity contribution in [3.8, 4) is 0 Å². The highest BCUT2D eigenvalue weighted by molar-refractivity contribution is 6.04. The number of hydrogen-bond acceptors (Lipinski definition) is 3. The quantitative estimate of drug-likeness (QED) is 0.571. The molecular formula is C26H28N2O2. The van der Waals surface area contributed by atoms with Gasteiger partial charge in [0.05, 0.1) is 6.10 Å². The number of carbonyl (C=O) groups excluding carboxylic acids is 1. The van der Waals surface area contributed by atoms with Crippen LogP contribution in [0.3, 0.4) is 0 Å². The second kappa shape index (κ2) is 10.2. The van der Waals surface area contributed by atoms with E-state index < -0.39 is 0 Å². The van der Waals surface area contributed by atoms with Crippen molar-refractivity contribution in [2.45, 2.75) is 32.0 Å². The first kappa shape index (κ1) is 20.3. The van der Waals surface area contributed by atoms with E-state index in [9.17, 15) is 4.79 Å². The van der Waals surface area contributed by atoms with Crippen LogP contribution in [0.25, 0.3) is 0 Å². The molecule has 1 aliphatic heterocycles. The van der Waals surface area contributed by atoms with Gasteiger partial charge < -0.3 is 10.1 Å². The molecule has 4 nitrogen and oxygen atoms in total. The Kier molecular flexibility index (Phi) is 6.91. The molecule has 3 aromatic rings. The zero-order valence-electron chi connectivity index (χ0n) is 17.2. The number of hydrogen-bond donors (Lipinski definition) is 1. The summed E-state index contributed by atoms with van der Waals surface area (Å²) in [5, 5.41) is 2.93. The molecule has 1 saturated heterocycles. The van der Waals surface area contributed by atoms with Crippen LogP contribution in [-0.4, -0.2) is 30.1 Å². The lowest BCUT2D eigenvalue weighted by molar-refractivity contribution is 0.0679. The lowest BCUT2D eigenvalue weighted by Gasteiger charge is -2.25. The maximum Gasteiger partial charge on any atom is 0.255 e. The summed E-state index contributed by atoms with van der Waals surface area (Å²) in [6, 6.07) is 28.0. The number of benzene rings is 3. The van der Waals surface area contributed by atoms with Crippen molar-refractivity contribution >= 4 is 11.6 Å². The van der Waals surface area contributed by atoms with Crippen molar-refractivity contribution in [1.29, 1.82) is 0 Å². The van der Waals surface area contributed by atoms with Gasteiger partial charge in [-0.25, -0.2) is 0 Å². The molecule has 3 aromatic carbocycles. The van der Waals surface area contributed by atoms with Gasteiger partial charge in [0.1, 0.15) is 0 Å². The predicted octanol–water partition coefficient (Wildman–Crippen LogP) is 5.12. The molecule has 4 heteroatoms. The van der Waals surface area contributed by atoms with Crippen molar-refractivity contribution in [1.82, 2.24) is 4.90 Å². The first-order chi connectivity index (χ1) is 14.8. The van der Waals surface area contributed by atoms with Crippen LogP contribution in [0, 0.1) is 0 Å². The highest BCUT2D eigenvalue weighted by atomic mass is 16.5. The normalized spacial score (nSPS) is 16.0. The Balaban J connectivity index is 1.41. The summed E-state index contributed by atoms with van der Waals surface area (Å²) in [5.74, 6) is -0.0896. The van der Waals surface area contributed by atoms with E-state index in [1.807, 2.05) is 60.7 Å². The lowest BCUT2D eigenvalue weighted by Crippen LogP contribution is -2.31. The largest absolute Gasteiger partial charge is 0.377 e. The lowest BCUT2D eigenvalue weighted by atomic mass is 10.1. The summed E-state index contributed by atoms with van der Waals surface area (Å²) in [7, 11) is 0. The van der Waals surface area contributed by atoms with E-state index in [0.29, 0.717) is 11.7 Å². The van der Waals surface area contributed by atoms with E-state index >= 15 is 0 Å². The number of rotatable bonds is 8. The zero-order valence-corrected chi connectivity index (χ0v) is 17.2. The van der Waals surface area contributed by atoms with Gasteiger partial charge in [-0.1, -0.05) is 60.7 Å². The summed E-state index contributed by atoms with van der Waals surface area (Å²) >= 11 is 0. The topological polar surface area (TPSA) is 41.6 Å². The van der Waals surface area contributed by atoms with Gasteiger partial charge in [0, 0.05) is 37.5 Å². The van der Waals surface area contributed by atoms with Crippen LogP contribution in [0.5, 0.6) is 0 Å². The molecule has 0 radical (unpaired) electrons. The van der Waals surface area contributed by atoms with E-state index in [-0.39, 0.29) is 5.91 Å². The third kappa shape index (κ3) is 5.78. The molecule has 30 heavy (non-hydrogen) atoms. The van der Waals surface area contributed by atoms with Crippen molar-refractivity contribution in [2.75, 3.05) is 18.5 Å². The SMILES string of the molecule is O=C(Nc1ccccc1)c1ccc(CN(Cc2ccccc2)CC2CCCO2)cc1. The monoisotopic (exact) mass is 400 g/mol. The molecular weight excluding hydrogens is 372 g/mol. The minimum atomic E-state index is -0.0896. The summed E-state index contributed by atoms with van der Waals surface area (Å²) in [6.45, 7) is 3.51. The molecule has 1 fully saturated rings. The molecule has 1 aliphatic rings. The molecule has 0 bridgehead atoms. The van der Waals surface area contributed by atoms with Gasteiger partial charge in [0.25, 0.3) is 5.91 Å². The van der Waals surface area contributed by atoms with Crippen LogP contribution < -0.4 is 5.32 Å². The Bertz CT molecular complexity index is 920. The molecule has 0 saturated carbocycles. The van der Waals surface area contributed by atoms with Crippen LogP contribution in [-0.2, 0) is 17.8 Å². The Morgan fingerprint density at radius 2 is 1.50 bits per heavy atom. The fourth-order valence-electron chi connectivity index (χ4n) is 3.85. The molecule has 0 aromatic heterocycles. The molecule has 0 aliphatic carbocycles. The molecule has 4 rings (SSSR count). The Morgan fingerprint density at radius 3 is 2.13 bits per heavy atom. The molecule has 1 heterocycles. The van der Waals surface area contributed by atoms with Crippen LogP contribution in [0.15, 0.2) is 84.9 Å². The third-order valence-corrected chi connectivity index (χ3v) is 5.39. The molecule has 1 N–H and O–H groups in total. The number of nitrogens with one attached hydrogen (secondary N) is 1. The second-order valence-corrected chi connectivity index (χ2v) is 7.81. The van der Waals surface area contributed by atoms with Gasteiger partial charge in [-0.3, -0.25) is 9.69 Å². The van der Waals surface area contributed by atoms with Gasteiger partial charge in [-0.15, -0.1) is 0 Å². The highest BCUT2D eigenvalue weighted by Gasteiger charge is 2.19. The second-order valence-electron chi connectivity index (χ2n) is 7.81. The molecule has 1 atom stereocenters. The van der Waals surface area contributed by atoms with Crippen molar-refractivity contribution in [3.05, 3.63) is 102 Å². The van der Waals surface area contributed by atoms with Gasteiger partial charge in [-0.2, -0.15) is 0 Å². The number of ether oxygens (including phenoxy) is 1. The molecule has 0 spiro atoms. The Labute approximate surface area is 178 Å². The number of amides is 1. The van der Waals surface area contributed by atoms with Crippen LogP contribution in [0.1, 0.15) is 34.3 Å². The average Bonchev–Trinajstić information content (AvgIpc) is 3.29. The maximum absolute atomic E-state index is 12.5. The average molecular weight is 401 g/mol. The predicted molar refractivity (Wildman–Crippen MR) is 120 cm³/mol.